The number of unbranched alkanes of at least 4 members (excludes halogenated alkanes) is 6. The molecule has 0 aliphatic heterocycles. The van der Waals surface area contributed by atoms with Crippen molar-refractivity contribution in [1.29, 1.82) is 0 Å². The van der Waals surface area contributed by atoms with Gasteiger partial charge in [0.1, 0.15) is 0 Å². The molecule has 1 aliphatic carbocycles. The summed E-state index contributed by atoms with van der Waals surface area (Å²) in [6.45, 7) is 17.9. The molecule has 0 N–H and O–H groups in total. The Kier molecular flexibility index (Phi) is 11.2. The first-order valence-corrected chi connectivity index (χ1v) is 9.83. The number of rotatable bonds is 8. The predicted molar refractivity (Wildman–Crippen MR) is 103 cm³/mol. The summed E-state index contributed by atoms with van der Waals surface area (Å²) in [7, 11) is 0. The van der Waals surface area contributed by atoms with Crippen LogP contribution in [-0.2, 0) is 0 Å². The highest BCUT2D eigenvalue weighted by Gasteiger charge is 2.32. The summed E-state index contributed by atoms with van der Waals surface area (Å²) < 4.78 is 0. The van der Waals surface area contributed by atoms with Crippen molar-refractivity contribution in [3.05, 3.63) is 12.2 Å². The van der Waals surface area contributed by atoms with Crippen LogP contribution in [0, 0.1) is 10.8 Å². The van der Waals surface area contributed by atoms with Crippen LogP contribution in [0.1, 0.15) is 119 Å². The van der Waals surface area contributed by atoms with Crippen molar-refractivity contribution in [2.24, 2.45) is 10.8 Å². The molecule has 1 fully saturated rings. The van der Waals surface area contributed by atoms with Crippen molar-refractivity contribution in [2.45, 2.75) is 119 Å². The van der Waals surface area contributed by atoms with Gasteiger partial charge in [-0.2, -0.15) is 0 Å². The first-order valence-electron chi connectivity index (χ1n) is 9.83. The average molecular weight is 309 g/mol. The summed E-state index contributed by atoms with van der Waals surface area (Å²) in [5.74, 6) is 0. The number of allylic oxidation sites excluding steroid dienone is 1. The molecule has 22 heavy (non-hydrogen) atoms. The molecule has 0 saturated heterocycles. The Morgan fingerprint density at radius 1 is 0.818 bits per heavy atom. The summed E-state index contributed by atoms with van der Waals surface area (Å²) in [4.78, 5) is 0. The van der Waals surface area contributed by atoms with Gasteiger partial charge in [-0.25, -0.2) is 0 Å². The van der Waals surface area contributed by atoms with Crippen LogP contribution in [-0.4, -0.2) is 0 Å². The minimum atomic E-state index is 0.613. The normalized spacial score (nSPS) is 19.2. The maximum Gasteiger partial charge on any atom is -0.0326 e. The van der Waals surface area contributed by atoms with Gasteiger partial charge < -0.3 is 0 Å². The lowest BCUT2D eigenvalue weighted by Crippen LogP contribution is -2.28. The lowest BCUT2D eigenvalue weighted by Gasteiger charge is -2.40. The van der Waals surface area contributed by atoms with Crippen molar-refractivity contribution in [3.8, 4) is 0 Å². The van der Waals surface area contributed by atoms with Crippen molar-refractivity contribution in [1.82, 2.24) is 0 Å². The lowest BCUT2D eigenvalue weighted by atomic mass is 9.65. The molecule has 0 nitrogen and oxygen atoms in total. The molecule has 132 valence electrons. The maximum absolute atomic E-state index is 3.90. The van der Waals surface area contributed by atoms with Crippen LogP contribution < -0.4 is 0 Å². The molecule has 0 amide bonds. The predicted octanol–water partition coefficient (Wildman–Crippen LogP) is 8.32. The molecule has 0 unspecified atom stereocenters. The van der Waals surface area contributed by atoms with Gasteiger partial charge >= 0.3 is 0 Å². The molecule has 1 saturated carbocycles. The van der Waals surface area contributed by atoms with E-state index >= 15 is 0 Å². The average Bonchev–Trinajstić information content (AvgIpc) is 2.35. The second-order valence-electron chi connectivity index (χ2n) is 9.19. The summed E-state index contributed by atoms with van der Waals surface area (Å²) in [5.41, 5.74) is 2.56. The van der Waals surface area contributed by atoms with Crippen LogP contribution in [0.4, 0.5) is 0 Å². The molecule has 1 aliphatic rings. The molecule has 0 heterocycles. The topological polar surface area (TPSA) is 0 Å². The van der Waals surface area contributed by atoms with E-state index < -0.39 is 0 Å². The highest BCUT2D eigenvalue weighted by atomic mass is 14.4. The fourth-order valence-corrected chi connectivity index (χ4v) is 3.90. The number of hydrogen-bond donors (Lipinski definition) is 0. The Morgan fingerprint density at radius 2 is 1.27 bits per heavy atom. The van der Waals surface area contributed by atoms with Crippen molar-refractivity contribution in [2.75, 3.05) is 0 Å². The summed E-state index contributed by atoms with van der Waals surface area (Å²) in [6, 6.07) is 0. The van der Waals surface area contributed by atoms with E-state index in [1.165, 1.54) is 82.6 Å². The molecular formula is C22H44. The van der Waals surface area contributed by atoms with Gasteiger partial charge in [-0.1, -0.05) is 85.1 Å². The van der Waals surface area contributed by atoms with Gasteiger partial charge in [0.25, 0.3) is 0 Å². The van der Waals surface area contributed by atoms with E-state index in [2.05, 4.69) is 48.1 Å². The highest BCUT2D eigenvalue weighted by Crippen LogP contribution is 2.45. The van der Waals surface area contributed by atoms with Gasteiger partial charge in [0.2, 0.25) is 0 Å². The SMILES string of the molecule is C=C(C)CCCCCCCCC.CC1(C)CCCC(C)(C)C1. The van der Waals surface area contributed by atoms with E-state index in [0.717, 1.165) is 0 Å². The molecule has 1 rings (SSSR count). The van der Waals surface area contributed by atoms with Gasteiger partial charge in [0.15, 0.2) is 0 Å². The second-order valence-corrected chi connectivity index (χ2v) is 9.19. The van der Waals surface area contributed by atoms with Crippen LogP contribution >= 0.6 is 0 Å². The minimum Gasteiger partial charge on any atom is -0.100 e. The third-order valence-electron chi connectivity index (χ3n) is 4.87. The molecule has 0 atom stereocenters. The van der Waals surface area contributed by atoms with Crippen molar-refractivity contribution in [3.63, 3.8) is 0 Å². The number of hydrogen-bond acceptors (Lipinski definition) is 0. The highest BCUT2D eigenvalue weighted by molar-refractivity contribution is 4.87. The maximum atomic E-state index is 3.90. The quantitative estimate of drug-likeness (QED) is 0.312. The minimum absolute atomic E-state index is 0.613. The summed E-state index contributed by atoms with van der Waals surface area (Å²) in [6.07, 6.45) is 16.7. The van der Waals surface area contributed by atoms with Gasteiger partial charge in [0, 0.05) is 0 Å². The van der Waals surface area contributed by atoms with Crippen molar-refractivity contribution < 1.29 is 0 Å². The zero-order chi connectivity index (χ0) is 17.1. The summed E-state index contributed by atoms with van der Waals surface area (Å²) in [5, 5.41) is 0. The largest absolute Gasteiger partial charge is 0.100 e. The van der Waals surface area contributed by atoms with Crippen LogP contribution in [0.2, 0.25) is 0 Å². The van der Waals surface area contributed by atoms with Gasteiger partial charge in [-0.3, -0.25) is 0 Å². The van der Waals surface area contributed by atoms with E-state index in [4.69, 9.17) is 0 Å². The lowest BCUT2D eigenvalue weighted by molar-refractivity contribution is 0.116. The van der Waals surface area contributed by atoms with Gasteiger partial charge in [-0.05, 0) is 49.9 Å². The third-order valence-corrected chi connectivity index (χ3v) is 4.87. The van der Waals surface area contributed by atoms with Crippen LogP contribution in [0.5, 0.6) is 0 Å². The molecule has 0 spiro atoms. The van der Waals surface area contributed by atoms with E-state index in [-0.39, 0.29) is 0 Å². The second kappa shape index (κ2) is 11.3. The zero-order valence-electron chi connectivity index (χ0n) is 16.7. The Morgan fingerprint density at radius 3 is 1.64 bits per heavy atom. The first-order chi connectivity index (χ1) is 10.2. The monoisotopic (exact) mass is 308 g/mol. The molecule has 0 heteroatoms. The molecule has 0 radical (unpaired) electrons. The Balaban J connectivity index is 0.000000406. The molecular weight excluding hydrogens is 264 g/mol. The molecule has 0 aromatic carbocycles. The van der Waals surface area contributed by atoms with E-state index in [0.29, 0.717) is 10.8 Å². The standard InChI is InChI=1S/C12H24.C10H20/c1-4-5-6-7-8-9-10-11-12(2)3;1-9(2)6-5-7-10(3,4)8-9/h2,4-11H2,1,3H3;5-8H2,1-4H3. The van der Waals surface area contributed by atoms with Crippen molar-refractivity contribution >= 4 is 0 Å². The van der Waals surface area contributed by atoms with Gasteiger partial charge in [0.05, 0.1) is 0 Å². The smallest absolute Gasteiger partial charge is 0.0326 e. The molecule has 0 aromatic heterocycles. The first kappa shape index (κ1) is 21.7. The Labute approximate surface area is 142 Å². The fraction of sp³-hybridized carbons (Fsp3) is 0.909. The Bertz CT molecular complexity index is 268. The fourth-order valence-electron chi connectivity index (χ4n) is 3.90. The Hall–Kier alpha value is -0.260. The van der Waals surface area contributed by atoms with Crippen LogP contribution in [0.25, 0.3) is 0 Å². The van der Waals surface area contributed by atoms with E-state index in [9.17, 15) is 0 Å². The zero-order valence-corrected chi connectivity index (χ0v) is 16.7. The van der Waals surface area contributed by atoms with E-state index in [1.54, 1.807) is 0 Å². The molecule has 0 bridgehead atoms. The summed E-state index contributed by atoms with van der Waals surface area (Å²) >= 11 is 0. The van der Waals surface area contributed by atoms with Crippen LogP contribution in [0.3, 0.4) is 0 Å². The van der Waals surface area contributed by atoms with E-state index in [1.807, 2.05) is 0 Å². The molecule has 0 aromatic rings. The van der Waals surface area contributed by atoms with Gasteiger partial charge in [-0.15, -0.1) is 6.58 Å². The van der Waals surface area contributed by atoms with Crippen LogP contribution in [0.15, 0.2) is 12.2 Å². The third kappa shape index (κ3) is 13.4.